The number of carbonyl (C=O) groups is 1. The summed E-state index contributed by atoms with van der Waals surface area (Å²) in [6.45, 7) is 0. The number of methoxy groups -OCH3 is 1. The average Bonchev–Trinajstić information content (AvgIpc) is 2.44. The first-order valence-corrected chi connectivity index (χ1v) is 6.92. The predicted molar refractivity (Wildman–Crippen MR) is 81.4 cm³/mol. The molecule has 2 rings (SSSR count). The molecule has 0 radical (unpaired) electrons. The van der Waals surface area contributed by atoms with Crippen LogP contribution in [0.3, 0.4) is 0 Å². The Bertz CT molecular complexity index is 597. The fourth-order valence-electron chi connectivity index (χ4n) is 2.03. The third kappa shape index (κ3) is 3.60. The molecule has 1 unspecified atom stereocenters. The maximum Gasteiger partial charge on any atom is 0.170 e. The van der Waals surface area contributed by atoms with Gasteiger partial charge in [0, 0.05) is 23.6 Å². The molecule has 0 fully saturated rings. The van der Waals surface area contributed by atoms with E-state index in [0.29, 0.717) is 10.0 Å². The molecule has 0 amide bonds. The maximum absolute atomic E-state index is 12.4. The summed E-state index contributed by atoms with van der Waals surface area (Å²) in [6, 6.07) is 14.5. The van der Waals surface area contributed by atoms with Crippen molar-refractivity contribution in [3.8, 4) is 0 Å². The molecule has 2 aromatic rings. The molecule has 104 valence electrons. The highest BCUT2D eigenvalue weighted by Gasteiger charge is 2.20. The number of halogens is 2. The predicted octanol–water partition coefficient (Wildman–Crippen LogP) is 4.49. The van der Waals surface area contributed by atoms with Gasteiger partial charge in [-0.3, -0.25) is 4.79 Å². The van der Waals surface area contributed by atoms with Gasteiger partial charge in [0.25, 0.3) is 0 Å². The number of carbonyl (C=O) groups excluding carboxylic acids is 1. The largest absolute Gasteiger partial charge is 0.369 e. The van der Waals surface area contributed by atoms with Crippen LogP contribution in [0.5, 0.6) is 0 Å². The first-order chi connectivity index (χ1) is 9.61. The van der Waals surface area contributed by atoms with Gasteiger partial charge < -0.3 is 4.74 Å². The Labute approximate surface area is 128 Å². The fraction of sp³-hybridized carbons (Fsp3) is 0.188. The molecule has 2 nitrogen and oxygen atoms in total. The highest BCUT2D eigenvalue weighted by Crippen LogP contribution is 2.25. The number of benzene rings is 2. The molecule has 0 aliphatic carbocycles. The Hall–Kier alpha value is -1.35. The Morgan fingerprint density at radius 3 is 2.45 bits per heavy atom. The third-order valence-corrected chi connectivity index (χ3v) is 3.60. The van der Waals surface area contributed by atoms with E-state index in [1.54, 1.807) is 18.2 Å². The standard InChI is InChI=1S/C16H14Cl2O2/c1-20-16(11-5-3-2-4-6-11)15(19)9-12-7-8-13(17)10-14(12)18/h2-8,10,16H,9H2,1H3. The summed E-state index contributed by atoms with van der Waals surface area (Å²) < 4.78 is 5.32. The number of ether oxygens (including phenoxy) is 1. The molecule has 20 heavy (non-hydrogen) atoms. The summed E-state index contributed by atoms with van der Waals surface area (Å²) in [4.78, 5) is 12.4. The van der Waals surface area contributed by atoms with Crippen LogP contribution in [0.25, 0.3) is 0 Å². The van der Waals surface area contributed by atoms with Gasteiger partial charge in [0.2, 0.25) is 0 Å². The molecule has 0 aliphatic rings. The summed E-state index contributed by atoms with van der Waals surface area (Å²) >= 11 is 11.9. The number of ketones is 1. The quantitative estimate of drug-likeness (QED) is 0.813. The Balaban J connectivity index is 2.18. The van der Waals surface area contributed by atoms with Gasteiger partial charge in [-0.25, -0.2) is 0 Å². The minimum Gasteiger partial charge on any atom is -0.369 e. The molecule has 0 aromatic heterocycles. The summed E-state index contributed by atoms with van der Waals surface area (Å²) in [5.74, 6) is -0.0390. The second-order valence-electron chi connectivity index (χ2n) is 4.41. The molecule has 0 bridgehead atoms. The van der Waals surface area contributed by atoms with E-state index in [9.17, 15) is 4.79 Å². The van der Waals surface area contributed by atoms with Crippen molar-refractivity contribution in [2.45, 2.75) is 12.5 Å². The van der Waals surface area contributed by atoms with Crippen LogP contribution in [-0.4, -0.2) is 12.9 Å². The van der Waals surface area contributed by atoms with Gasteiger partial charge in [0.1, 0.15) is 6.10 Å². The van der Waals surface area contributed by atoms with E-state index < -0.39 is 6.10 Å². The molecule has 1 atom stereocenters. The van der Waals surface area contributed by atoms with Gasteiger partial charge in [0.15, 0.2) is 5.78 Å². The van der Waals surface area contributed by atoms with Crippen LogP contribution >= 0.6 is 23.2 Å². The molecule has 4 heteroatoms. The molecule has 2 aromatic carbocycles. The van der Waals surface area contributed by atoms with Gasteiger partial charge >= 0.3 is 0 Å². The second kappa shape index (κ2) is 6.89. The maximum atomic E-state index is 12.4. The Kier molecular flexibility index (Phi) is 5.18. The molecule has 0 aliphatic heterocycles. The zero-order chi connectivity index (χ0) is 14.5. The zero-order valence-electron chi connectivity index (χ0n) is 11.0. The van der Waals surface area contributed by atoms with E-state index in [1.165, 1.54) is 7.11 Å². The van der Waals surface area contributed by atoms with Gasteiger partial charge in [-0.1, -0.05) is 59.6 Å². The van der Waals surface area contributed by atoms with E-state index in [2.05, 4.69) is 0 Å². The lowest BCUT2D eigenvalue weighted by molar-refractivity contribution is -0.128. The van der Waals surface area contributed by atoms with Crippen molar-refractivity contribution >= 4 is 29.0 Å². The van der Waals surface area contributed by atoms with Crippen molar-refractivity contribution in [3.63, 3.8) is 0 Å². The molecular weight excluding hydrogens is 295 g/mol. The summed E-state index contributed by atoms with van der Waals surface area (Å²) in [5.41, 5.74) is 1.59. The average molecular weight is 309 g/mol. The topological polar surface area (TPSA) is 26.3 Å². The van der Waals surface area contributed by atoms with Crippen LogP contribution in [0.2, 0.25) is 10.0 Å². The van der Waals surface area contributed by atoms with Crippen molar-refractivity contribution < 1.29 is 9.53 Å². The summed E-state index contributed by atoms with van der Waals surface area (Å²) in [5, 5.41) is 1.05. The number of rotatable bonds is 5. The number of hydrogen-bond donors (Lipinski definition) is 0. The molecule has 0 saturated carbocycles. The van der Waals surface area contributed by atoms with E-state index in [4.69, 9.17) is 27.9 Å². The minimum absolute atomic E-state index is 0.0390. The molecule has 0 saturated heterocycles. The van der Waals surface area contributed by atoms with Gasteiger partial charge in [-0.15, -0.1) is 0 Å². The van der Waals surface area contributed by atoms with Gasteiger partial charge in [-0.2, -0.15) is 0 Å². The van der Waals surface area contributed by atoms with Gasteiger partial charge in [-0.05, 0) is 23.3 Å². The number of Topliss-reactive ketones (excluding diaryl/α,β-unsaturated/α-hetero) is 1. The fourth-order valence-corrected chi connectivity index (χ4v) is 2.50. The SMILES string of the molecule is COC(C(=O)Cc1ccc(Cl)cc1Cl)c1ccccc1. The molecule has 0 heterocycles. The van der Waals surface area contributed by atoms with E-state index in [1.807, 2.05) is 30.3 Å². The second-order valence-corrected chi connectivity index (χ2v) is 5.25. The van der Waals surface area contributed by atoms with Crippen molar-refractivity contribution in [2.75, 3.05) is 7.11 Å². The normalized spacial score (nSPS) is 12.2. The van der Waals surface area contributed by atoms with Crippen molar-refractivity contribution in [2.24, 2.45) is 0 Å². The highest BCUT2D eigenvalue weighted by molar-refractivity contribution is 6.35. The van der Waals surface area contributed by atoms with Crippen LogP contribution in [0.4, 0.5) is 0 Å². The minimum atomic E-state index is -0.581. The molecule has 0 spiro atoms. The Morgan fingerprint density at radius 1 is 1.15 bits per heavy atom. The van der Waals surface area contributed by atoms with Crippen LogP contribution in [-0.2, 0) is 16.0 Å². The third-order valence-electron chi connectivity index (χ3n) is 3.01. The van der Waals surface area contributed by atoms with E-state index in [-0.39, 0.29) is 12.2 Å². The lowest BCUT2D eigenvalue weighted by atomic mass is 10.00. The first kappa shape index (κ1) is 15.0. The van der Waals surface area contributed by atoms with Crippen LogP contribution in [0, 0.1) is 0 Å². The lowest BCUT2D eigenvalue weighted by Crippen LogP contribution is -2.17. The highest BCUT2D eigenvalue weighted by atomic mass is 35.5. The van der Waals surface area contributed by atoms with Crippen molar-refractivity contribution in [1.82, 2.24) is 0 Å². The molecule has 0 N–H and O–H groups in total. The molecular formula is C16H14Cl2O2. The van der Waals surface area contributed by atoms with Gasteiger partial charge in [0.05, 0.1) is 0 Å². The van der Waals surface area contributed by atoms with E-state index in [0.717, 1.165) is 11.1 Å². The smallest absolute Gasteiger partial charge is 0.170 e. The summed E-state index contributed by atoms with van der Waals surface area (Å²) in [6.07, 6.45) is -0.369. The van der Waals surface area contributed by atoms with Crippen LogP contribution in [0.15, 0.2) is 48.5 Å². The lowest BCUT2D eigenvalue weighted by Gasteiger charge is -2.15. The van der Waals surface area contributed by atoms with Crippen LogP contribution < -0.4 is 0 Å². The Morgan fingerprint density at radius 2 is 1.85 bits per heavy atom. The summed E-state index contributed by atoms with van der Waals surface area (Å²) in [7, 11) is 1.53. The monoisotopic (exact) mass is 308 g/mol. The van der Waals surface area contributed by atoms with Crippen molar-refractivity contribution in [3.05, 3.63) is 69.7 Å². The number of hydrogen-bond acceptors (Lipinski definition) is 2. The van der Waals surface area contributed by atoms with Crippen molar-refractivity contribution in [1.29, 1.82) is 0 Å². The van der Waals surface area contributed by atoms with E-state index >= 15 is 0 Å². The van der Waals surface area contributed by atoms with Crippen LogP contribution in [0.1, 0.15) is 17.2 Å². The zero-order valence-corrected chi connectivity index (χ0v) is 12.5. The first-order valence-electron chi connectivity index (χ1n) is 6.16.